The molecule has 1 fully saturated rings. The van der Waals surface area contributed by atoms with Crippen LogP contribution in [0.3, 0.4) is 0 Å². The summed E-state index contributed by atoms with van der Waals surface area (Å²) in [6.45, 7) is 7.88. The maximum Gasteiger partial charge on any atom is 0.223 e. The lowest BCUT2D eigenvalue weighted by Crippen LogP contribution is -2.47. The average molecular weight is 320 g/mol. The van der Waals surface area contributed by atoms with Gasteiger partial charge >= 0.3 is 0 Å². The maximum atomic E-state index is 11.6. The monoisotopic (exact) mass is 320 g/mol. The highest BCUT2D eigenvalue weighted by molar-refractivity contribution is 7.11. The fourth-order valence-corrected chi connectivity index (χ4v) is 3.92. The summed E-state index contributed by atoms with van der Waals surface area (Å²) in [5.74, 6) is 1.02. The normalized spacial score (nSPS) is 22.1. The van der Waals surface area contributed by atoms with Crippen molar-refractivity contribution in [2.75, 3.05) is 13.1 Å². The second-order valence-electron chi connectivity index (χ2n) is 5.87. The smallest absolute Gasteiger partial charge is 0.223 e. The van der Waals surface area contributed by atoms with Gasteiger partial charge in [0.2, 0.25) is 11.8 Å². The number of thiophene rings is 1. The van der Waals surface area contributed by atoms with E-state index in [0.29, 0.717) is 18.3 Å². The molecule has 2 aromatic heterocycles. The number of rotatable bonds is 4. The molecule has 1 saturated heterocycles. The van der Waals surface area contributed by atoms with Crippen LogP contribution in [0.4, 0.5) is 0 Å². The summed E-state index contributed by atoms with van der Waals surface area (Å²) in [6.07, 6.45) is 0.788. The zero-order valence-electron chi connectivity index (χ0n) is 13.0. The molecule has 0 saturated carbocycles. The second kappa shape index (κ2) is 5.81. The molecule has 2 aromatic rings. The molecule has 22 heavy (non-hydrogen) atoms. The summed E-state index contributed by atoms with van der Waals surface area (Å²) in [5.41, 5.74) is -0.546. The van der Waals surface area contributed by atoms with E-state index in [1.165, 1.54) is 16.7 Å². The van der Waals surface area contributed by atoms with E-state index >= 15 is 0 Å². The first kappa shape index (κ1) is 15.2. The Hall–Kier alpha value is -1.73. The SMILES string of the molecule is CC(=O)N[C@@]1(c2noc(C)n2)CCN(Cc2ccc(C)s2)C1. The molecule has 1 aliphatic heterocycles. The molecule has 6 nitrogen and oxygen atoms in total. The molecular formula is C15H20N4O2S. The number of carbonyl (C=O) groups excluding carboxylic acids is 1. The van der Waals surface area contributed by atoms with E-state index in [4.69, 9.17) is 4.52 Å². The Bertz CT molecular complexity index is 681. The minimum Gasteiger partial charge on any atom is -0.342 e. The highest BCUT2D eigenvalue weighted by Crippen LogP contribution is 2.32. The van der Waals surface area contributed by atoms with Gasteiger partial charge in [0.1, 0.15) is 5.54 Å². The summed E-state index contributed by atoms with van der Waals surface area (Å²) in [5, 5.41) is 7.09. The van der Waals surface area contributed by atoms with E-state index in [2.05, 4.69) is 39.4 Å². The van der Waals surface area contributed by atoms with Crippen LogP contribution in [0.5, 0.6) is 0 Å². The number of amides is 1. The molecule has 1 aliphatic rings. The fourth-order valence-electron chi connectivity index (χ4n) is 2.99. The van der Waals surface area contributed by atoms with Crippen molar-refractivity contribution in [3.63, 3.8) is 0 Å². The van der Waals surface area contributed by atoms with Gasteiger partial charge in [0.15, 0.2) is 5.82 Å². The maximum absolute atomic E-state index is 11.6. The van der Waals surface area contributed by atoms with Crippen LogP contribution in [0, 0.1) is 13.8 Å². The Labute approximate surface area is 133 Å². The number of likely N-dealkylation sites (tertiary alicyclic amines) is 1. The number of nitrogens with one attached hydrogen (secondary N) is 1. The molecule has 0 bridgehead atoms. The van der Waals surface area contributed by atoms with E-state index in [9.17, 15) is 4.79 Å². The zero-order chi connectivity index (χ0) is 15.7. The standard InChI is InChI=1S/C15H20N4O2S/c1-10-4-5-13(22-10)8-19-7-6-15(9-19,17-11(2)20)14-16-12(3)21-18-14/h4-5H,6-9H2,1-3H3,(H,17,20)/t15-/m0/s1. The van der Waals surface area contributed by atoms with E-state index in [1.54, 1.807) is 6.92 Å². The summed E-state index contributed by atoms with van der Waals surface area (Å²) >= 11 is 1.81. The third-order valence-corrected chi connectivity index (χ3v) is 4.88. The number of nitrogens with zero attached hydrogens (tertiary/aromatic N) is 3. The minimum atomic E-state index is -0.546. The molecule has 0 unspecified atom stereocenters. The zero-order valence-corrected chi connectivity index (χ0v) is 13.9. The Morgan fingerprint density at radius 1 is 1.50 bits per heavy atom. The molecule has 1 atom stereocenters. The van der Waals surface area contributed by atoms with Crippen LogP contribution in [0.15, 0.2) is 16.7 Å². The lowest BCUT2D eigenvalue weighted by molar-refractivity contribution is -0.121. The number of aryl methyl sites for hydroxylation is 2. The van der Waals surface area contributed by atoms with Gasteiger partial charge in [-0.25, -0.2) is 0 Å². The fraction of sp³-hybridized carbons (Fsp3) is 0.533. The van der Waals surface area contributed by atoms with Crippen LogP contribution in [-0.4, -0.2) is 34.0 Å². The quantitative estimate of drug-likeness (QED) is 0.933. The number of hydrogen-bond acceptors (Lipinski definition) is 6. The Morgan fingerprint density at radius 3 is 2.91 bits per heavy atom. The van der Waals surface area contributed by atoms with Crippen LogP contribution >= 0.6 is 11.3 Å². The second-order valence-corrected chi connectivity index (χ2v) is 7.25. The van der Waals surface area contributed by atoms with Crippen LogP contribution in [0.25, 0.3) is 0 Å². The van der Waals surface area contributed by atoms with Gasteiger partial charge in [-0.2, -0.15) is 4.98 Å². The van der Waals surface area contributed by atoms with Crippen LogP contribution in [0.1, 0.15) is 34.8 Å². The summed E-state index contributed by atoms with van der Waals surface area (Å²) in [4.78, 5) is 21.0. The van der Waals surface area contributed by atoms with Crippen molar-refractivity contribution in [3.8, 4) is 0 Å². The first-order chi connectivity index (χ1) is 10.5. The molecule has 0 aromatic carbocycles. The van der Waals surface area contributed by atoms with Gasteiger partial charge in [-0.05, 0) is 25.5 Å². The van der Waals surface area contributed by atoms with Crippen LogP contribution in [-0.2, 0) is 16.9 Å². The topological polar surface area (TPSA) is 71.3 Å². The molecule has 3 rings (SSSR count). The lowest BCUT2D eigenvalue weighted by atomic mass is 9.97. The first-order valence-electron chi connectivity index (χ1n) is 7.34. The van der Waals surface area contributed by atoms with Gasteiger partial charge in [0.05, 0.1) is 0 Å². The average Bonchev–Trinajstić information content (AvgIpc) is 3.12. The number of carbonyl (C=O) groups is 1. The van der Waals surface area contributed by atoms with Crippen LogP contribution in [0.2, 0.25) is 0 Å². The Kier molecular flexibility index (Phi) is 4.01. The largest absolute Gasteiger partial charge is 0.342 e. The first-order valence-corrected chi connectivity index (χ1v) is 8.16. The minimum absolute atomic E-state index is 0.0729. The van der Waals surface area contributed by atoms with Crippen molar-refractivity contribution in [1.82, 2.24) is 20.4 Å². The molecular weight excluding hydrogens is 300 g/mol. The molecule has 1 N–H and O–H groups in total. The van der Waals surface area contributed by atoms with Gasteiger partial charge < -0.3 is 9.84 Å². The van der Waals surface area contributed by atoms with Crippen molar-refractivity contribution in [2.45, 2.75) is 39.3 Å². The molecule has 7 heteroatoms. The number of aromatic nitrogens is 2. The molecule has 0 radical (unpaired) electrons. The highest BCUT2D eigenvalue weighted by atomic mass is 32.1. The predicted molar refractivity (Wildman–Crippen MR) is 83.5 cm³/mol. The van der Waals surface area contributed by atoms with Crippen LogP contribution < -0.4 is 5.32 Å². The van der Waals surface area contributed by atoms with E-state index in [1.807, 2.05) is 11.3 Å². The molecule has 118 valence electrons. The molecule has 3 heterocycles. The van der Waals surface area contributed by atoms with E-state index < -0.39 is 5.54 Å². The summed E-state index contributed by atoms with van der Waals surface area (Å²) < 4.78 is 5.11. The molecule has 1 amide bonds. The van der Waals surface area contributed by atoms with Gasteiger partial charge in [-0.3, -0.25) is 9.69 Å². The molecule has 0 spiro atoms. The van der Waals surface area contributed by atoms with Crippen molar-refractivity contribution < 1.29 is 9.32 Å². The lowest BCUT2D eigenvalue weighted by Gasteiger charge is -2.26. The van der Waals surface area contributed by atoms with E-state index in [0.717, 1.165) is 19.5 Å². The van der Waals surface area contributed by atoms with Crippen molar-refractivity contribution in [1.29, 1.82) is 0 Å². The van der Waals surface area contributed by atoms with Gasteiger partial charge in [-0.1, -0.05) is 5.16 Å². The van der Waals surface area contributed by atoms with Crippen molar-refractivity contribution >= 4 is 17.2 Å². The van der Waals surface area contributed by atoms with E-state index in [-0.39, 0.29) is 5.91 Å². The Balaban J connectivity index is 1.79. The third-order valence-electron chi connectivity index (χ3n) is 3.89. The highest BCUT2D eigenvalue weighted by Gasteiger charge is 2.44. The molecule has 0 aliphatic carbocycles. The summed E-state index contributed by atoms with van der Waals surface area (Å²) in [6, 6.07) is 4.30. The van der Waals surface area contributed by atoms with Gasteiger partial charge in [0, 0.05) is 43.2 Å². The van der Waals surface area contributed by atoms with Gasteiger partial charge in [-0.15, -0.1) is 11.3 Å². The predicted octanol–water partition coefficient (Wildman–Crippen LogP) is 1.99. The van der Waals surface area contributed by atoms with Gasteiger partial charge in [0.25, 0.3) is 0 Å². The third kappa shape index (κ3) is 3.05. The van der Waals surface area contributed by atoms with Crippen molar-refractivity contribution in [3.05, 3.63) is 33.6 Å². The Morgan fingerprint density at radius 2 is 2.32 bits per heavy atom. The number of hydrogen-bond donors (Lipinski definition) is 1. The van der Waals surface area contributed by atoms with Crippen molar-refractivity contribution in [2.24, 2.45) is 0 Å². The summed E-state index contributed by atoms with van der Waals surface area (Å²) in [7, 11) is 0.